The number of nitrogens with zero attached hydrogens (tertiary/aromatic N) is 1. The third-order valence-electron chi connectivity index (χ3n) is 4.92. The third-order valence-corrected chi connectivity index (χ3v) is 4.92. The molecule has 0 amide bonds. The van der Waals surface area contributed by atoms with Gasteiger partial charge >= 0.3 is 0 Å². The molecule has 2 fully saturated rings. The SMILES string of the molecule is CC(C)N1CCC(CC2(N)CCCCC2)CC1. The quantitative estimate of drug-likeness (QED) is 0.818. The molecule has 0 unspecified atom stereocenters. The first-order valence-electron chi connectivity index (χ1n) is 7.62. The van der Waals surface area contributed by atoms with E-state index in [-0.39, 0.29) is 5.54 Å². The first-order chi connectivity index (χ1) is 8.09. The second-order valence-corrected chi connectivity index (χ2v) is 6.70. The van der Waals surface area contributed by atoms with Crippen molar-refractivity contribution >= 4 is 0 Å². The molecule has 2 nitrogen and oxygen atoms in total. The molecule has 2 heteroatoms. The first kappa shape index (κ1) is 13.4. The predicted octanol–water partition coefficient (Wildman–Crippen LogP) is 3.16. The molecule has 0 aromatic carbocycles. The first-order valence-corrected chi connectivity index (χ1v) is 7.62. The molecular weight excluding hydrogens is 208 g/mol. The van der Waals surface area contributed by atoms with Crippen molar-refractivity contribution in [1.82, 2.24) is 4.90 Å². The number of piperidine rings is 1. The van der Waals surface area contributed by atoms with Crippen molar-refractivity contribution < 1.29 is 0 Å². The number of nitrogens with two attached hydrogens (primary N) is 1. The van der Waals surface area contributed by atoms with Gasteiger partial charge in [-0.25, -0.2) is 0 Å². The van der Waals surface area contributed by atoms with Crippen LogP contribution in [0.25, 0.3) is 0 Å². The molecule has 0 spiro atoms. The summed E-state index contributed by atoms with van der Waals surface area (Å²) >= 11 is 0. The number of likely N-dealkylation sites (tertiary alicyclic amines) is 1. The minimum Gasteiger partial charge on any atom is -0.325 e. The molecule has 0 aromatic rings. The molecule has 2 rings (SSSR count). The Bertz CT molecular complexity index is 223. The highest BCUT2D eigenvalue weighted by Gasteiger charge is 2.32. The summed E-state index contributed by atoms with van der Waals surface area (Å²) in [7, 11) is 0. The van der Waals surface area contributed by atoms with Crippen LogP contribution in [0.3, 0.4) is 0 Å². The van der Waals surface area contributed by atoms with Crippen LogP contribution < -0.4 is 5.73 Å². The third kappa shape index (κ3) is 3.69. The van der Waals surface area contributed by atoms with E-state index in [2.05, 4.69) is 18.7 Å². The molecule has 2 aliphatic rings. The molecule has 1 aliphatic carbocycles. The van der Waals surface area contributed by atoms with Gasteiger partial charge in [-0.1, -0.05) is 19.3 Å². The van der Waals surface area contributed by atoms with E-state index in [1.54, 1.807) is 0 Å². The van der Waals surface area contributed by atoms with Crippen molar-refractivity contribution in [2.24, 2.45) is 11.7 Å². The average molecular weight is 238 g/mol. The maximum absolute atomic E-state index is 6.57. The maximum atomic E-state index is 6.57. The fourth-order valence-electron chi connectivity index (χ4n) is 3.71. The van der Waals surface area contributed by atoms with Crippen LogP contribution >= 0.6 is 0 Å². The normalized spacial score (nSPS) is 27.5. The highest BCUT2D eigenvalue weighted by atomic mass is 15.1. The Morgan fingerprint density at radius 3 is 2.24 bits per heavy atom. The Kier molecular flexibility index (Phi) is 4.48. The Hall–Kier alpha value is -0.0800. The molecule has 1 heterocycles. The number of hydrogen-bond donors (Lipinski definition) is 1. The Morgan fingerprint density at radius 2 is 1.71 bits per heavy atom. The molecular formula is C15H30N2. The molecule has 2 N–H and O–H groups in total. The summed E-state index contributed by atoms with van der Waals surface area (Å²) in [5.41, 5.74) is 6.77. The van der Waals surface area contributed by atoms with Gasteiger partial charge in [-0.3, -0.25) is 0 Å². The summed E-state index contributed by atoms with van der Waals surface area (Å²) in [6.45, 7) is 7.20. The molecule has 0 bridgehead atoms. The van der Waals surface area contributed by atoms with Crippen molar-refractivity contribution in [3.8, 4) is 0 Å². The van der Waals surface area contributed by atoms with Gasteiger partial charge in [0.15, 0.2) is 0 Å². The molecule has 1 saturated carbocycles. The molecule has 1 saturated heterocycles. The molecule has 0 atom stereocenters. The fraction of sp³-hybridized carbons (Fsp3) is 1.00. The van der Waals surface area contributed by atoms with Crippen LogP contribution in [0.1, 0.15) is 65.2 Å². The minimum atomic E-state index is 0.197. The van der Waals surface area contributed by atoms with Crippen molar-refractivity contribution in [2.75, 3.05) is 13.1 Å². The van der Waals surface area contributed by atoms with Gasteiger partial charge in [-0.15, -0.1) is 0 Å². The Labute approximate surface area is 107 Å². The lowest BCUT2D eigenvalue weighted by molar-refractivity contribution is 0.123. The largest absolute Gasteiger partial charge is 0.325 e. The van der Waals surface area contributed by atoms with Crippen molar-refractivity contribution in [3.05, 3.63) is 0 Å². The van der Waals surface area contributed by atoms with Crippen LogP contribution in [0, 0.1) is 5.92 Å². The second kappa shape index (κ2) is 5.71. The van der Waals surface area contributed by atoms with Crippen LogP contribution in [0.4, 0.5) is 0 Å². The summed E-state index contributed by atoms with van der Waals surface area (Å²) in [5, 5.41) is 0. The fourth-order valence-corrected chi connectivity index (χ4v) is 3.71. The zero-order chi connectivity index (χ0) is 12.3. The van der Waals surface area contributed by atoms with Crippen LogP contribution in [-0.4, -0.2) is 29.6 Å². The minimum absolute atomic E-state index is 0.197. The lowest BCUT2D eigenvalue weighted by atomic mass is 9.74. The zero-order valence-corrected chi connectivity index (χ0v) is 11.8. The van der Waals surface area contributed by atoms with Crippen molar-refractivity contribution in [3.63, 3.8) is 0 Å². The summed E-state index contributed by atoms with van der Waals surface area (Å²) in [6.07, 6.45) is 10.7. The second-order valence-electron chi connectivity index (χ2n) is 6.70. The Balaban J connectivity index is 1.77. The summed E-state index contributed by atoms with van der Waals surface area (Å²) in [6, 6.07) is 0.720. The van der Waals surface area contributed by atoms with E-state index in [1.807, 2.05) is 0 Å². The van der Waals surface area contributed by atoms with Gasteiger partial charge in [0.25, 0.3) is 0 Å². The van der Waals surface area contributed by atoms with E-state index < -0.39 is 0 Å². The van der Waals surface area contributed by atoms with E-state index in [9.17, 15) is 0 Å². The maximum Gasteiger partial charge on any atom is 0.0157 e. The summed E-state index contributed by atoms with van der Waals surface area (Å²) in [5.74, 6) is 0.896. The standard InChI is InChI=1S/C15H30N2/c1-13(2)17-10-6-14(7-11-17)12-15(16)8-4-3-5-9-15/h13-14H,3-12,16H2,1-2H3. The van der Waals surface area contributed by atoms with Gasteiger partial charge in [-0.2, -0.15) is 0 Å². The molecule has 0 aromatic heterocycles. The summed E-state index contributed by atoms with van der Waals surface area (Å²) in [4.78, 5) is 2.61. The predicted molar refractivity (Wildman–Crippen MR) is 74.1 cm³/mol. The van der Waals surface area contributed by atoms with Crippen LogP contribution in [0.15, 0.2) is 0 Å². The smallest absolute Gasteiger partial charge is 0.0157 e. The van der Waals surface area contributed by atoms with Gasteiger partial charge in [0.2, 0.25) is 0 Å². The van der Waals surface area contributed by atoms with Crippen LogP contribution in [0.2, 0.25) is 0 Å². The van der Waals surface area contributed by atoms with Crippen LogP contribution in [0.5, 0.6) is 0 Å². The number of hydrogen-bond acceptors (Lipinski definition) is 2. The molecule has 1 aliphatic heterocycles. The molecule has 0 radical (unpaired) electrons. The average Bonchev–Trinajstić information content (AvgIpc) is 2.30. The van der Waals surface area contributed by atoms with Gasteiger partial charge in [0.1, 0.15) is 0 Å². The van der Waals surface area contributed by atoms with Crippen molar-refractivity contribution in [1.29, 1.82) is 0 Å². The van der Waals surface area contributed by atoms with Crippen LogP contribution in [-0.2, 0) is 0 Å². The Morgan fingerprint density at radius 1 is 1.12 bits per heavy atom. The van der Waals surface area contributed by atoms with E-state index >= 15 is 0 Å². The summed E-state index contributed by atoms with van der Waals surface area (Å²) < 4.78 is 0. The number of rotatable bonds is 3. The van der Waals surface area contributed by atoms with E-state index in [4.69, 9.17) is 5.73 Å². The molecule has 100 valence electrons. The van der Waals surface area contributed by atoms with Gasteiger partial charge in [0, 0.05) is 11.6 Å². The topological polar surface area (TPSA) is 29.3 Å². The molecule has 17 heavy (non-hydrogen) atoms. The zero-order valence-electron chi connectivity index (χ0n) is 11.8. The van der Waals surface area contributed by atoms with Gasteiger partial charge in [-0.05, 0) is 65.0 Å². The lowest BCUT2D eigenvalue weighted by Crippen LogP contribution is -2.46. The van der Waals surface area contributed by atoms with E-state index in [0.29, 0.717) is 0 Å². The lowest BCUT2D eigenvalue weighted by Gasteiger charge is -2.40. The highest BCUT2D eigenvalue weighted by Crippen LogP contribution is 2.34. The van der Waals surface area contributed by atoms with E-state index in [0.717, 1.165) is 12.0 Å². The van der Waals surface area contributed by atoms with E-state index in [1.165, 1.54) is 64.5 Å². The van der Waals surface area contributed by atoms with Crippen molar-refractivity contribution in [2.45, 2.75) is 76.8 Å². The monoisotopic (exact) mass is 238 g/mol. The van der Waals surface area contributed by atoms with Gasteiger partial charge < -0.3 is 10.6 Å². The van der Waals surface area contributed by atoms with Gasteiger partial charge in [0.05, 0.1) is 0 Å². The highest BCUT2D eigenvalue weighted by molar-refractivity contribution is 4.90.